The summed E-state index contributed by atoms with van der Waals surface area (Å²) in [4.78, 5) is 45.0. The van der Waals surface area contributed by atoms with Gasteiger partial charge in [-0.2, -0.15) is 0 Å². The number of fused-ring (bicyclic) bond motifs is 2. The van der Waals surface area contributed by atoms with E-state index in [9.17, 15) is 14.4 Å². The number of hydrogen-bond acceptors (Lipinski definition) is 4. The molecule has 4 rings (SSSR count). The molecule has 1 aliphatic heterocycles. The first-order chi connectivity index (χ1) is 12.0. The molecule has 2 aromatic heterocycles. The van der Waals surface area contributed by atoms with Gasteiger partial charge in [-0.25, -0.2) is 9.78 Å². The zero-order valence-electron chi connectivity index (χ0n) is 14.3. The Balaban J connectivity index is 1.65. The lowest BCUT2D eigenvalue weighted by Gasteiger charge is -2.41. The van der Waals surface area contributed by atoms with Gasteiger partial charge in [-0.3, -0.25) is 19.1 Å². The van der Waals surface area contributed by atoms with E-state index >= 15 is 0 Å². The van der Waals surface area contributed by atoms with Crippen molar-refractivity contribution in [2.45, 2.75) is 32.1 Å². The molecule has 3 heterocycles. The highest BCUT2D eigenvalue weighted by atomic mass is 16.2. The number of nitrogens with one attached hydrogen (secondary N) is 1. The average molecular weight is 342 g/mol. The van der Waals surface area contributed by atoms with Crippen molar-refractivity contribution in [1.82, 2.24) is 19.4 Å². The number of amides is 1. The van der Waals surface area contributed by atoms with Gasteiger partial charge in [0.05, 0.1) is 5.39 Å². The Morgan fingerprint density at radius 1 is 1.16 bits per heavy atom. The number of hydrogen-bond donors (Lipinski definition) is 1. The average Bonchev–Trinajstić information content (AvgIpc) is 2.65. The van der Waals surface area contributed by atoms with Gasteiger partial charge in [-0.15, -0.1) is 0 Å². The van der Waals surface area contributed by atoms with Gasteiger partial charge in [0.1, 0.15) is 11.3 Å². The lowest BCUT2D eigenvalue weighted by Crippen LogP contribution is -2.45. The van der Waals surface area contributed by atoms with E-state index in [1.807, 2.05) is 4.90 Å². The van der Waals surface area contributed by atoms with Crippen LogP contribution in [0.5, 0.6) is 0 Å². The second-order valence-corrected chi connectivity index (χ2v) is 7.23. The highest BCUT2D eigenvalue weighted by molar-refractivity contribution is 5.94. The number of likely N-dealkylation sites (tertiary alicyclic amines) is 1. The van der Waals surface area contributed by atoms with E-state index in [1.165, 1.54) is 37.3 Å². The number of aromatic nitrogens is 3. The van der Waals surface area contributed by atoms with Gasteiger partial charge in [0.15, 0.2) is 0 Å². The molecule has 0 unspecified atom stereocenters. The van der Waals surface area contributed by atoms with Crippen molar-refractivity contribution in [2.24, 2.45) is 18.9 Å². The van der Waals surface area contributed by atoms with Gasteiger partial charge in [0, 0.05) is 20.1 Å². The first-order valence-electron chi connectivity index (χ1n) is 8.94. The SMILES string of the molecule is Cn1c(=O)[nH]c(=O)c2ccc(C(=O)N3CC[C@@H]4CCCC[C@H]4C3)nc21. The second-order valence-electron chi connectivity index (χ2n) is 7.23. The van der Waals surface area contributed by atoms with E-state index in [2.05, 4.69) is 9.97 Å². The predicted octanol–water partition coefficient (Wildman–Crippen LogP) is 1.27. The Hall–Kier alpha value is -2.44. The van der Waals surface area contributed by atoms with Crippen LogP contribution in [0.1, 0.15) is 42.6 Å². The third-order valence-electron chi connectivity index (χ3n) is 5.76. The number of carbonyl (C=O) groups excluding carboxylic acids is 1. The summed E-state index contributed by atoms with van der Waals surface area (Å²) in [5, 5.41) is 0.310. The molecule has 132 valence electrons. The molecule has 1 aliphatic carbocycles. The van der Waals surface area contributed by atoms with Crippen LogP contribution in [-0.4, -0.2) is 38.4 Å². The first-order valence-corrected chi connectivity index (χ1v) is 8.94. The van der Waals surface area contributed by atoms with Crippen LogP contribution in [0.2, 0.25) is 0 Å². The van der Waals surface area contributed by atoms with Crippen molar-refractivity contribution < 1.29 is 4.79 Å². The topological polar surface area (TPSA) is 88.1 Å². The minimum Gasteiger partial charge on any atom is -0.337 e. The minimum absolute atomic E-state index is 0.112. The molecule has 0 bridgehead atoms. The maximum absolute atomic E-state index is 12.9. The molecular weight excluding hydrogens is 320 g/mol. The minimum atomic E-state index is -0.530. The highest BCUT2D eigenvalue weighted by Gasteiger charge is 2.33. The molecule has 1 amide bonds. The molecule has 25 heavy (non-hydrogen) atoms. The monoisotopic (exact) mass is 342 g/mol. The number of carbonyl (C=O) groups is 1. The van der Waals surface area contributed by atoms with E-state index in [0.717, 1.165) is 25.4 Å². The van der Waals surface area contributed by atoms with Gasteiger partial charge in [0.25, 0.3) is 11.5 Å². The first kappa shape index (κ1) is 16.1. The number of piperidine rings is 1. The number of pyridine rings is 1. The molecule has 1 saturated heterocycles. The largest absolute Gasteiger partial charge is 0.337 e. The van der Waals surface area contributed by atoms with Crippen LogP contribution in [0.3, 0.4) is 0 Å². The molecule has 1 N–H and O–H groups in total. The van der Waals surface area contributed by atoms with Gasteiger partial charge in [-0.05, 0) is 36.8 Å². The maximum atomic E-state index is 12.9. The number of aromatic amines is 1. The zero-order valence-corrected chi connectivity index (χ0v) is 14.3. The van der Waals surface area contributed by atoms with Crippen molar-refractivity contribution in [3.05, 3.63) is 38.7 Å². The molecule has 0 aromatic carbocycles. The molecule has 1 saturated carbocycles. The zero-order chi connectivity index (χ0) is 17.6. The van der Waals surface area contributed by atoms with Crippen LogP contribution in [0.15, 0.2) is 21.7 Å². The summed E-state index contributed by atoms with van der Waals surface area (Å²) >= 11 is 0. The molecule has 7 nitrogen and oxygen atoms in total. The van der Waals surface area contributed by atoms with Gasteiger partial charge in [0.2, 0.25) is 0 Å². The number of aryl methyl sites for hydroxylation is 1. The number of nitrogens with zero attached hydrogens (tertiary/aromatic N) is 3. The number of H-pyrrole nitrogens is 1. The molecule has 2 fully saturated rings. The van der Waals surface area contributed by atoms with Crippen molar-refractivity contribution in [2.75, 3.05) is 13.1 Å². The van der Waals surface area contributed by atoms with E-state index in [-0.39, 0.29) is 11.6 Å². The summed E-state index contributed by atoms with van der Waals surface area (Å²) in [6, 6.07) is 3.15. The molecule has 7 heteroatoms. The van der Waals surface area contributed by atoms with Crippen molar-refractivity contribution >= 4 is 16.9 Å². The smallest absolute Gasteiger partial charge is 0.329 e. The summed E-state index contributed by atoms with van der Waals surface area (Å²) in [6.07, 6.45) is 6.10. The van der Waals surface area contributed by atoms with Crippen LogP contribution in [0.4, 0.5) is 0 Å². The Kier molecular flexibility index (Phi) is 3.94. The van der Waals surface area contributed by atoms with Crippen LogP contribution >= 0.6 is 0 Å². The molecule has 2 aliphatic rings. The Morgan fingerprint density at radius 3 is 2.72 bits per heavy atom. The van der Waals surface area contributed by atoms with Gasteiger partial charge in [-0.1, -0.05) is 19.3 Å². The fourth-order valence-corrected chi connectivity index (χ4v) is 4.29. The van der Waals surface area contributed by atoms with Crippen molar-refractivity contribution in [1.29, 1.82) is 0 Å². The lowest BCUT2D eigenvalue weighted by molar-refractivity contribution is 0.0516. The maximum Gasteiger partial charge on any atom is 0.329 e. The summed E-state index contributed by atoms with van der Waals surface area (Å²) in [7, 11) is 1.54. The standard InChI is InChI=1S/C18H22N4O3/c1-21-15-13(16(23)20-18(21)25)6-7-14(19-15)17(24)22-9-8-11-4-2-3-5-12(11)10-22/h6-7,11-12H,2-5,8-10H2,1H3,(H,20,23,25)/t11-,12-/m0/s1. The fraction of sp³-hybridized carbons (Fsp3) is 0.556. The summed E-state index contributed by atoms with van der Waals surface area (Å²) < 4.78 is 1.26. The Labute approximate surface area is 144 Å². The lowest BCUT2D eigenvalue weighted by atomic mass is 9.75. The van der Waals surface area contributed by atoms with Crippen LogP contribution in [0, 0.1) is 11.8 Å². The molecular formula is C18H22N4O3. The Bertz CT molecular complexity index is 945. The van der Waals surface area contributed by atoms with E-state index in [0.29, 0.717) is 17.0 Å². The Morgan fingerprint density at radius 2 is 1.92 bits per heavy atom. The normalized spacial score (nSPS) is 23.5. The van der Waals surface area contributed by atoms with Crippen molar-refractivity contribution in [3.63, 3.8) is 0 Å². The van der Waals surface area contributed by atoms with Gasteiger partial charge >= 0.3 is 5.69 Å². The summed E-state index contributed by atoms with van der Waals surface area (Å²) in [5.74, 6) is 1.24. The second kappa shape index (κ2) is 6.13. The van der Waals surface area contributed by atoms with Crippen LogP contribution in [-0.2, 0) is 7.05 Å². The fourth-order valence-electron chi connectivity index (χ4n) is 4.29. The summed E-state index contributed by atoms with van der Waals surface area (Å²) in [5.41, 5.74) is -0.472. The third kappa shape index (κ3) is 2.77. The van der Waals surface area contributed by atoms with E-state index in [4.69, 9.17) is 0 Å². The molecule has 0 spiro atoms. The quantitative estimate of drug-likeness (QED) is 0.845. The third-order valence-corrected chi connectivity index (χ3v) is 5.76. The van der Waals surface area contributed by atoms with E-state index < -0.39 is 11.2 Å². The number of rotatable bonds is 1. The molecule has 2 aromatic rings. The highest BCUT2D eigenvalue weighted by Crippen LogP contribution is 2.36. The van der Waals surface area contributed by atoms with E-state index in [1.54, 1.807) is 12.1 Å². The van der Waals surface area contributed by atoms with Gasteiger partial charge < -0.3 is 4.90 Å². The molecule has 2 atom stereocenters. The van der Waals surface area contributed by atoms with Crippen LogP contribution in [0.25, 0.3) is 11.0 Å². The predicted molar refractivity (Wildman–Crippen MR) is 93.6 cm³/mol. The summed E-state index contributed by atoms with van der Waals surface area (Å²) in [6.45, 7) is 1.55. The van der Waals surface area contributed by atoms with Crippen molar-refractivity contribution in [3.8, 4) is 0 Å². The van der Waals surface area contributed by atoms with Crippen LogP contribution < -0.4 is 11.2 Å². The molecule has 0 radical (unpaired) electrons.